The summed E-state index contributed by atoms with van der Waals surface area (Å²) in [4.78, 5) is 24.9. The standard InChI is InChI=1S/C21H19FN2O2/c1-14-10-15(2)12-18(11-14)23-21(26)20(25)19-4-3-9-24(19)13-16-5-7-17(22)8-6-16/h3-12H,13H2,1-2H3,(H,23,26). The van der Waals surface area contributed by atoms with Crippen molar-refractivity contribution < 1.29 is 14.0 Å². The molecule has 0 saturated heterocycles. The summed E-state index contributed by atoms with van der Waals surface area (Å²) in [6.45, 7) is 4.24. The average Bonchev–Trinajstić information content (AvgIpc) is 3.03. The number of aryl methyl sites for hydroxylation is 2. The van der Waals surface area contributed by atoms with Crippen LogP contribution in [0.25, 0.3) is 0 Å². The van der Waals surface area contributed by atoms with Crippen LogP contribution in [0.5, 0.6) is 0 Å². The molecule has 0 aliphatic rings. The molecule has 132 valence electrons. The highest BCUT2D eigenvalue weighted by atomic mass is 19.1. The van der Waals surface area contributed by atoms with Crippen LogP contribution in [-0.2, 0) is 11.3 Å². The molecule has 0 saturated carbocycles. The number of aromatic nitrogens is 1. The predicted molar refractivity (Wildman–Crippen MR) is 98.8 cm³/mol. The number of carbonyl (C=O) groups excluding carboxylic acids is 2. The Kier molecular flexibility index (Phi) is 4.98. The van der Waals surface area contributed by atoms with E-state index in [1.54, 1.807) is 35.0 Å². The van der Waals surface area contributed by atoms with Crippen LogP contribution >= 0.6 is 0 Å². The molecule has 0 unspecified atom stereocenters. The van der Waals surface area contributed by atoms with E-state index in [0.717, 1.165) is 16.7 Å². The minimum absolute atomic E-state index is 0.288. The fourth-order valence-corrected chi connectivity index (χ4v) is 2.90. The number of ketones is 1. The first-order valence-electron chi connectivity index (χ1n) is 8.26. The van der Waals surface area contributed by atoms with Crippen molar-refractivity contribution in [2.24, 2.45) is 0 Å². The van der Waals surface area contributed by atoms with Crippen molar-refractivity contribution in [1.82, 2.24) is 4.57 Å². The van der Waals surface area contributed by atoms with Gasteiger partial charge in [0, 0.05) is 18.4 Å². The number of rotatable bonds is 5. The fraction of sp³-hybridized carbons (Fsp3) is 0.143. The Bertz CT molecular complexity index is 938. The fourth-order valence-electron chi connectivity index (χ4n) is 2.90. The Morgan fingerprint density at radius 1 is 1.00 bits per heavy atom. The first kappa shape index (κ1) is 17.6. The Morgan fingerprint density at radius 3 is 2.31 bits per heavy atom. The number of nitrogens with one attached hydrogen (secondary N) is 1. The topological polar surface area (TPSA) is 51.1 Å². The lowest BCUT2D eigenvalue weighted by atomic mass is 10.1. The van der Waals surface area contributed by atoms with Gasteiger partial charge in [0.15, 0.2) is 0 Å². The van der Waals surface area contributed by atoms with E-state index >= 15 is 0 Å². The molecule has 3 rings (SSSR count). The molecule has 0 fully saturated rings. The zero-order valence-corrected chi connectivity index (χ0v) is 14.6. The molecule has 26 heavy (non-hydrogen) atoms. The van der Waals surface area contributed by atoms with Crippen molar-refractivity contribution >= 4 is 17.4 Å². The van der Waals surface area contributed by atoms with Crippen LogP contribution in [0, 0.1) is 19.7 Å². The zero-order chi connectivity index (χ0) is 18.7. The highest BCUT2D eigenvalue weighted by Gasteiger charge is 2.20. The van der Waals surface area contributed by atoms with E-state index in [-0.39, 0.29) is 11.5 Å². The predicted octanol–water partition coefficient (Wildman–Crippen LogP) is 4.11. The van der Waals surface area contributed by atoms with Gasteiger partial charge >= 0.3 is 0 Å². The van der Waals surface area contributed by atoms with Crippen LogP contribution < -0.4 is 5.32 Å². The monoisotopic (exact) mass is 350 g/mol. The Hall–Kier alpha value is -3.21. The third kappa shape index (κ3) is 4.06. The molecule has 5 heteroatoms. The smallest absolute Gasteiger partial charge is 0.298 e. The lowest BCUT2D eigenvalue weighted by Gasteiger charge is -2.10. The van der Waals surface area contributed by atoms with Crippen LogP contribution in [0.4, 0.5) is 10.1 Å². The largest absolute Gasteiger partial charge is 0.340 e. The van der Waals surface area contributed by atoms with Crippen LogP contribution in [-0.4, -0.2) is 16.3 Å². The molecule has 1 N–H and O–H groups in total. The second-order valence-electron chi connectivity index (χ2n) is 6.31. The maximum atomic E-state index is 13.0. The second kappa shape index (κ2) is 7.35. The van der Waals surface area contributed by atoms with Crippen LogP contribution in [0.2, 0.25) is 0 Å². The number of nitrogens with zero attached hydrogens (tertiary/aromatic N) is 1. The van der Waals surface area contributed by atoms with E-state index in [2.05, 4.69) is 5.32 Å². The SMILES string of the molecule is Cc1cc(C)cc(NC(=O)C(=O)c2cccn2Cc2ccc(F)cc2)c1. The number of carbonyl (C=O) groups is 2. The molecule has 3 aromatic rings. The first-order valence-corrected chi connectivity index (χ1v) is 8.26. The van der Waals surface area contributed by atoms with Crippen molar-refractivity contribution in [3.63, 3.8) is 0 Å². The number of hydrogen-bond acceptors (Lipinski definition) is 2. The van der Waals surface area contributed by atoms with Crippen molar-refractivity contribution in [1.29, 1.82) is 0 Å². The van der Waals surface area contributed by atoms with E-state index in [0.29, 0.717) is 12.2 Å². The Balaban J connectivity index is 1.76. The van der Waals surface area contributed by atoms with Gasteiger partial charge in [0.1, 0.15) is 5.82 Å². The lowest BCUT2D eigenvalue weighted by molar-refractivity contribution is -0.112. The molecule has 0 radical (unpaired) electrons. The van der Waals surface area contributed by atoms with Crippen LogP contribution in [0.15, 0.2) is 60.8 Å². The molecule has 1 heterocycles. The third-order valence-corrected chi connectivity index (χ3v) is 4.01. The van der Waals surface area contributed by atoms with Crippen molar-refractivity contribution in [3.05, 3.63) is 89.0 Å². The molecule has 0 aliphatic heterocycles. The van der Waals surface area contributed by atoms with Gasteiger partial charge in [0.05, 0.1) is 5.69 Å². The van der Waals surface area contributed by atoms with Gasteiger partial charge in [-0.25, -0.2) is 4.39 Å². The zero-order valence-electron chi connectivity index (χ0n) is 14.6. The Morgan fingerprint density at radius 2 is 1.65 bits per heavy atom. The second-order valence-corrected chi connectivity index (χ2v) is 6.31. The molecular formula is C21H19FN2O2. The quantitative estimate of drug-likeness (QED) is 0.556. The average molecular weight is 350 g/mol. The normalized spacial score (nSPS) is 10.6. The number of hydrogen-bond donors (Lipinski definition) is 1. The lowest BCUT2D eigenvalue weighted by Crippen LogP contribution is -2.25. The molecule has 1 amide bonds. The van der Waals surface area contributed by atoms with Crippen molar-refractivity contribution in [3.8, 4) is 0 Å². The summed E-state index contributed by atoms with van der Waals surface area (Å²) in [6, 6.07) is 15.0. The summed E-state index contributed by atoms with van der Waals surface area (Å²) in [7, 11) is 0. The highest BCUT2D eigenvalue weighted by Crippen LogP contribution is 2.15. The Labute approximate surface area is 151 Å². The minimum atomic E-state index is -0.686. The molecule has 0 spiro atoms. The summed E-state index contributed by atoms with van der Waals surface area (Å²) >= 11 is 0. The van der Waals surface area contributed by atoms with Gasteiger partial charge in [-0.2, -0.15) is 0 Å². The van der Waals surface area contributed by atoms with E-state index in [1.165, 1.54) is 12.1 Å². The molecule has 1 aromatic heterocycles. The molecule has 4 nitrogen and oxygen atoms in total. The van der Waals surface area contributed by atoms with Gasteiger partial charge in [-0.15, -0.1) is 0 Å². The summed E-state index contributed by atoms with van der Waals surface area (Å²) < 4.78 is 14.7. The van der Waals surface area contributed by atoms with Gasteiger partial charge < -0.3 is 9.88 Å². The van der Waals surface area contributed by atoms with Crippen LogP contribution in [0.3, 0.4) is 0 Å². The minimum Gasteiger partial charge on any atom is -0.340 e. The van der Waals surface area contributed by atoms with Gasteiger partial charge in [-0.05, 0) is 66.9 Å². The summed E-state index contributed by atoms with van der Waals surface area (Å²) in [5.74, 6) is -1.62. The first-order chi connectivity index (χ1) is 12.4. The highest BCUT2D eigenvalue weighted by molar-refractivity contribution is 6.46. The maximum absolute atomic E-state index is 13.0. The molecular weight excluding hydrogens is 331 g/mol. The summed E-state index contributed by atoms with van der Waals surface area (Å²) in [5.41, 5.74) is 3.74. The number of anilines is 1. The van der Waals surface area contributed by atoms with E-state index < -0.39 is 11.7 Å². The summed E-state index contributed by atoms with van der Waals surface area (Å²) in [5, 5.41) is 2.66. The van der Waals surface area contributed by atoms with E-state index in [9.17, 15) is 14.0 Å². The molecule has 0 aliphatic carbocycles. The maximum Gasteiger partial charge on any atom is 0.298 e. The van der Waals surface area contributed by atoms with E-state index in [1.807, 2.05) is 32.0 Å². The number of Topliss-reactive ketones (excluding diaryl/α,β-unsaturated/α-hetero) is 1. The van der Waals surface area contributed by atoms with E-state index in [4.69, 9.17) is 0 Å². The number of amides is 1. The number of benzene rings is 2. The third-order valence-electron chi connectivity index (χ3n) is 4.01. The number of halogens is 1. The van der Waals surface area contributed by atoms with Crippen LogP contribution in [0.1, 0.15) is 27.2 Å². The van der Waals surface area contributed by atoms with Crippen molar-refractivity contribution in [2.75, 3.05) is 5.32 Å². The molecule has 0 atom stereocenters. The van der Waals surface area contributed by atoms with Gasteiger partial charge in [-0.1, -0.05) is 18.2 Å². The van der Waals surface area contributed by atoms with Gasteiger partial charge in [0.2, 0.25) is 0 Å². The molecule has 0 bridgehead atoms. The van der Waals surface area contributed by atoms with Gasteiger partial charge in [-0.3, -0.25) is 9.59 Å². The summed E-state index contributed by atoms with van der Waals surface area (Å²) in [6.07, 6.45) is 1.72. The molecule has 2 aromatic carbocycles. The van der Waals surface area contributed by atoms with Crippen molar-refractivity contribution in [2.45, 2.75) is 20.4 Å². The van der Waals surface area contributed by atoms with Gasteiger partial charge in [0.25, 0.3) is 11.7 Å².